The van der Waals surface area contributed by atoms with Crippen molar-refractivity contribution in [1.82, 2.24) is 0 Å². The first-order valence-electron chi connectivity index (χ1n) is 3.54. The molecule has 1 amide bonds. The molecule has 0 aromatic heterocycles. The summed E-state index contributed by atoms with van der Waals surface area (Å²) in [7, 11) is 0. The number of hydrogen-bond acceptors (Lipinski definition) is 2. The molecule has 3 nitrogen and oxygen atoms in total. The van der Waals surface area contributed by atoms with E-state index in [1.54, 1.807) is 0 Å². The molecule has 0 bridgehead atoms. The number of hydrogen-bond donors (Lipinski definition) is 2. The molecule has 0 fully saturated rings. The Bertz CT molecular complexity index is 125. The summed E-state index contributed by atoms with van der Waals surface area (Å²) < 4.78 is 0. The maximum atomic E-state index is 9.47. The van der Waals surface area contributed by atoms with Gasteiger partial charge in [-0.25, -0.2) is 0 Å². The molecule has 0 saturated carbocycles. The number of amides is 1. The van der Waals surface area contributed by atoms with Crippen LogP contribution >= 0.6 is 0 Å². The maximum absolute atomic E-state index is 9.47. The fourth-order valence-electron chi connectivity index (χ4n) is 0. The first-order valence-corrected chi connectivity index (χ1v) is 3.54. The van der Waals surface area contributed by atoms with Crippen molar-refractivity contribution in [3.05, 3.63) is 12.7 Å². The van der Waals surface area contributed by atoms with Crippen molar-refractivity contribution < 1.29 is 4.79 Å². The van der Waals surface area contributed by atoms with Gasteiger partial charge in [0, 0.05) is 5.54 Å². The topological polar surface area (TPSA) is 69.1 Å². The smallest absolute Gasteiger partial charge is 0.240 e. The number of primary amides is 1. The molecule has 0 aliphatic rings. The van der Waals surface area contributed by atoms with E-state index in [1.165, 1.54) is 0 Å². The quantitative estimate of drug-likeness (QED) is 0.583. The van der Waals surface area contributed by atoms with Crippen LogP contribution in [0.3, 0.4) is 0 Å². The van der Waals surface area contributed by atoms with Crippen molar-refractivity contribution in [2.45, 2.75) is 32.7 Å². The molecule has 0 aliphatic heterocycles. The van der Waals surface area contributed by atoms with E-state index in [0.717, 1.165) is 12.5 Å². The molecule has 0 rings (SSSR count). The molecule has 0 unspecified atom stereocenters. The predicted molar refractivity (Wildman–Crippen MR) is 47.9 cm³/mol. The van der Waals surface area contributed by atoms with E-state index in [1.807, 2.05) is 13.8 Å². The standard InChI is InChI=1S/C5H13N.C3H5NO/c1-4-5(2,3)6;1-2-3(4)5/h4,6H2,1-3H3;2H,1H2,(H2,4,5). The molecule has 0 radical (unpaired) electrons. The Morgan fingerprint density at radius 1 is 1.64 bits per heavy atom. The minimum atomic E-state index is -0.481. The molecule has 0 saturated heterocycles. The lowest BCUT2D eigenvalue weighted by Crippen LogP contribution is -2.30. The van der Waals surface area contributed by atoms with Crippen LogP contribution in [0, 0.1) is 0 Å². The van der Waals surface area contributed by atoms with Crippen LogP contribution in [0.4, 0.5) is 0 Å². The van der Waals surface area contributed by atoms with Gasteiger partial charge < -0.3 is 11.5 Å². The number of nitrogens with two attached hydrogens (primary N) is 2. The van der Waals surface area contributed by atoms with Crippen LogP contribution in [0.25, 0.3) is 0 Å². The fourth-order valence-corrected chi connectivity index (χ4v) is 0. The Balaban J connectivity index is 0. The molecule has 66 valence electrons. The summed E-state index contributed by atoms with van der Waals surface area (Å²) in [5.74, 6) is -0.481. The van der Waals surface area contributed by atoms with E-state index >= 15 is 0 Å². The second-order valence-corrected chi connectivity index (χ2v) is 2.95. The van der Waals surface area contributed by atoms with Crippen LogP contribution in [0.15, 0.2) is 12.7 Å². The van der Waals surface area contributed by atoms with Gasteiger partial charge >= 0.3 is 0 Å². The monoisotopic (exact) mass is 158 g/mol. The van der Waals surface area contributed by atoms with E-state index in [2.05, 4.69) is 19.2 Å². The summed E-state index contributed by atoms with van der Waals surface area (Å²) in [6.45, 7) is 9.21. The highest BCUT2D eigenvalue weighted by Crippen LogP contribution is 1.99. The number of carbonyl (C=O) groups is 1. The average molecular weight is 158 g/mol. The van der Waals surface area contributed by atoms with E-state index in [-0.39, 0.29) is 5.54 Å². The SMILES string of the molecule is C=CC(N)=O.CCC(C)(C)N. The van der Waals surface area contributed by atoms with Crippen LogP contribution in [0.2, 0.25) is 0 Å². The Hall–Kier alpha value is -0.830. The normalized spacial score (nSPS) is 9.45. The Morgan fingerprint density at radius 2 is 1.82 bits per heavy atom. The molecular weight excluding hydrogens is 140 g/mol. The van der Waals surface area contributed by atoms with Crippen LogP contribution < -0.4 is 11.5 Å². The van der Waals surface area contributed by atoms with Gasteiger partial charge in [0.2, 0.25) is 5.91 Å². The largest absolute Gasteiger partial charge is 0.366 e. The van der Waals surface area contributed by atoms with Crippen molar-refractivity contribution >= 4 is 5.91 Å². The van der Waals surface area contributed by atoms with Gasteiger partial charge in [-0.1, -0.05) is 13.5 Å². The van der Waals surface area contributed by atoms with Gasteiger partial charge in [0.25, 0.3) is 0 Å². The van der Waals surface area contributed by atoms with Gasteiger partial charge in [0.15, 0.2) is 0 Å². The van der Waals surface area contributed by atoms with E-state index in [4.69, 9.17) is 5.73 Å². The number of carbonyl (C=O) groups excluding carboxylic acids is 1. The lowest BCUT2D eigenvalue weighted by molar-refractivity contribution is -0.113. The molecule has 0 aromatic rings. The van der Waals surface area contributed by atoms with E-state index in [9.17, 15) is 4.79 Å². The highest BCUT2D eigenvalue weighted by molar-refractivity contribution is 5.84. The van der Waals surface area contributed by atoms with Crippen LogP contribution in [-0.2, 0) is 4.79 Å². The summed E-state index contributed by atoms with van der Waals surface area (Å²) in [4.78, 5) is 9.47. The average Bonchev–Trinajstić information content (AvgIpc) is 1.88. The molecule has 4 N–H and O–H groups in total. The first-order chi connectivity index (χ1) is 4.83. The lowest BCUT2D eigenvalue weighted by Gasteiger charge is -2.13. The van der Waals surface area contributed by atoms with Gasteiger partial charge in [-0.3, -0.25) is 4.79 Å². The zero-order chi connectivity index (χ0) is 9.49. The summed E-state index contributed by atoms with van der Waals surface area (Å²) in [6, 6.07) is 0. The van der Waals surface area contributed by atoms with Crippen molar-refractivity contribution in [2.24, 2.45) is 11.5 Å². The van der Waals surface area contributed by atoms with Gasteiger partial charge in [-0.15, -0.1) is 0 Å². The van der Waals surface area contributed by atoms with Gasteiger partial charge in [0.05, 0.1) is 0 Å². The lowest BCUT2D eigenvalue weighted by atomic mass is 10.1. The highest BCUT2D eigenvalue weighted by Gasteiger charge is 2.03. The van der Waals surface area contributed by atoms with Crippen LogP contribution in [-0.4, -0.2) is 11.4 Å². The zero-order valence-electron chi connectivity index (χ0n) is 7.55. The summed E-state index contributed by atoms with van der Waals surface area (Å²) >= 11 is 0. The third-order valence-electron chi connectivity index (χ3n) is 1.11. The first kappa shape index (κ1) is 12.8. The van der Waals surface area contributed by atoms with Crippen LogP contribution in [0.1, 0.15) is 27.2 Å². The van der Waals surface area contributed by atoms with Gasteiger partial charge in [-0.05, 0) is 26.3 Å². The van der Waals surface area contributed by atoms with Crippen molar-refractivity contribution in [3.63, 3.8) is 0 Å². The van der Waals surface area contributed by atoms with Crippen LogP contribution in [0.5, 0.6) is 0 Å². The minimum absolute atomic E-state index is 0.0417. The second kappa shape index (κ2) is 5.92. The fraction of sp³-hybridized carbons (Fsp3) is 0.625. The molecular formula is C8H18N2O. The molecule has 0 aromatic carbocycles. The highest BCUT2D eigenvalue weighted by atomic mass is 16.1. The molecule has 0 heterocycles. The third-order valence-corrected chi connectivity index (χ3v) is 1.11. The number of rotatable bonds is 2. The van der Waals surface area contributed by atoms with Crippen molar-refractivity contribution in [2.75, 3.05) is 0 Å². The molecule has 0 aliphatic carbocycles. The van der Waals surface area contributed by atoms with Crippen molar-refractivity contribution in [1.29, 1.82) is 0 Å². The van der Waals surface area contributed by atoms with Gasteiger partial charge in [-0.2, -0.15) is 0 Å². The molecule has 0 spiro atoms. The van der Waals surface area contributed by atoms with Crippen molar-refractivity contribution in [3.8, 4) is 0 Å². The van der Waals surface area contributed by atoms with E-state index in [0.29, 0.717) is 0 Å². The second-order valence-electron chi connectivity index (χ2n) is 2.95. The Labute approximate surface area is 68.5 Å². The predicted octanol–water partition coefficient (Wildman–Crippen LogP) is 0.791. The Morgan fingerprint density at radius 3 is 1.82 bits per heavy atom. The van der Waals surface area contributed by atoms with E-state index < -0.39 is 5.91 Å². The summed E-state index contributed by atoms with van der Waals surface area (Å²) in [6.07, 6.45) is 2.10. The summed E-state index contributed by atoms with van der Waals surface area (Å²) in [5, 5.41) is 0. The Kier molecular flexibility index (Phi) is 6.89. The minimum Gasteiger partial charge on any atom is -0.366 e. The zero-order valence-corrected chi connectivity index (χ0v) is 7.55. The molecule has 3 heteroatoms. The third kappa shape index (κ3) is 27.1. The maximum Gasteiger partial charge on any atom is 0.240 e. The summed E-state index contributed by atoms with van der Waals surface area (Å²) in [5.41, 5.74) is 10.1. The molecule has 0 atom stereocenters. The van der Waals surface area contributed by atoms with Gasteiger partial charge in [0.1, 0.15) is 0 Å². The molecule has 11 heavy (non-hydrogen) atoms.